The van der Waals surface area contributed by atoms with Crippen LogP contribution >= 0.6 is 0 Å². The molecule has 0 fully saturated rings. The Morgan fingerprint density at radius 3 is 1.40 bits per heavy atom. The molecular formula is C47H85NO5. The number of carboxylic acid groups (broad SMARTS) is 1. The molecule has 0 aliphatic rings. The minimum absolute atomic E-state index is 0.0186. The van der Waals surface area contributed by atoms with Crippen molar-refractivity contribution in [2.75, 3.05) is 6.54 Å². The fourth-order valence-corrected chi connectivity index (χ4v) is 6.66. The highest BCUT2D eigenvalue weighted by Crippen LogP contribution is 2.18. The summed E-state index contributed by atoms with van der Waals surface area (Å²) in [7, 11) is 0. The van der Waals surface area contributed by atoms with E-state index in [-0.39, 0.29) is 24.5 Å². The maximum Gasteiger partial charge on any atom is 0.322 e. The first-order valence-electron chi connectivity index (χ1n) is 22.6. The van der Waals surface area contributed by atoms with Crippen LogP contribution in [0.15, 0.2) is 36.5 Å². The van der Waals surface area contributed by atoms with E-state index < -0.39 is 5.97 Å². The molecule has 0 saturated carbocycles. The molecule has 0 spiro atoms. The molecule has 0 radical (unpaired) electrons. The largest absolute Gasteiger partial charge is 0.480 e. The smallest absolute Gasteiger partial charge is 0.322 e. The Hall–Kier alpha value is -2.37. The van der Waals surface area contributed by atoms with Gasteiger partial charge in [-0.25, -0.2) is 0 Å². The third-order valence-corrected chi connectivity index (χ3v) is 10.0. The van der Waals surface area contributed by atoms with E-state index in [9.17, 15) is 14.4 Å². The number of unbranched alkanes of at least 4 members (excludes halogenated alkanes) is 24. The zero-order valence-corrected chi connectivity index (χ0v) is 34.9. The van der Waals surface area contributed by atoms with Crippen molar-refractivity contribution in [3.05, 3.63) is 36.5 Å². The quantitative estimate of drug-likeness (QED) is 0.0369. The number of carboxylic acids is 1. The van der Waals surface area contributed by atoms with Crippen LogP contribution in [-0.4, -0.2) is 35.6 Å². The number of carbonyl (C=O) groups excluding carboxylic acids is 2. The topological polar surface area (TPSA) is 92.7 Å². The van der Waals surface area contributed by atoms with Crippen molar-refractivity contribution in [1.29, 1.82) is 0 Å². The molecular weight excluding hydrogens is 659 g/mol. The fourth-order valence-electron chi connectivity index (χ4n) is 6.66. The van der Waals surface area contributed by atoms with E-state index in [0.717, 1.165) is 77.0 Å². The van der Waals surface area contributed by atoms with Gasteiger partial charge in [0.2, 0.25) is 5.91 Å². The molecule has 6 heteroatoms. The number of amides is 1. The Bertz CT molecular complexity index is 911. The number of esters is 1. The molecule has 0 aromatic rings. The number of ether oxygens (including phenoxy) is 1. The normalized spacial score (nSPS) is 12.3. The van der Waals surface area contributed by atoms with Crippen LogP contribution in [0, 0.1) is 0 Å². The Kier molecular flexibility index (Phi) is 40.5. The SMILES string of the molecule is CCCCCCC/C=C\C/C=C\CCCC(CCCCCCCC(=O)NCC(=O)O)OC(=O)CCCCCCCCC/C=C\CCCCCCCCC. The standard InChI is InChI=1S/C47H85NO5/c1-3-5-7-9-11-13-15-17-18-19-20-21-23-25-27-29-34-38-42-47(52)53-44(40-36-32-30-33-37-41-45(49)48-43-46(50)51)39-35-31-28-26-24-22-16-14-12-10-8-6-4-2/h16,18-19,22,26,28,44H,3-15,17,20-21,23-25,27,29-43H2,1-2H3,(H,48,49)(H,50,51)/b19-18-,22-16-,28-26-. The fraction of sp³-hybridized carbons (Fsp3) is 0.809. The van der Waals surface area contributed by atoms with Crippen molar-refractivity contribution in [3.8, 4) is 0 Å². The number of carbonyl (C=O) groups is 3. The van der Waals surface area contributed by atoms with Gasteiger partial charge in [0.05, 0.1) is 0 Å². The lowest BCUT2D eigenvalue weighted by atomic mass is 10.0. The third-order valence-electron chi connectivity index (χ3n) is 10.0. The van der Waals surface area contributed by atoms with Crippen LogP contribution in [0.2, 0.25) is 0 Å². The lowest BCUT2D eigenvalue weighted by molar-refractivity contribution is -0.150. The van der Waals surface area contributed by atoms with Crippen LogP contribution in [0.3, 0.4) is 0 Å². The summed E-state index contributed by atoms with van der Waals surface area (Å²) in [5.74, 6) is -1.26. The first-order valence-corrected chi connectivity index (χ1v) is 22.6. The molecule has 0 aromatic heterocycles. The number of aliphatic carboxylic acids is 1. The van der Waals surface area contributed by atoms with Gasteiger partial charge in [-0.05, 0) is 89.9 Å². The van der Waals surface area contributed by atoms with Gasteiger partial charge in [-0.2, -0.15) is 0 Å². The van der Waals surface area contributed by atoms with Gasteiger partial charge < -0.3 is 15.2 Å². The van der Waals surface area contributed by atoms with Crippen LogP contribution < -0.4 is 5.32 Å². The highest BCUT2D eigenvalue weighted by molar-refractivity contribution is 5.80. The van der Waals surface area contributed by atoms with Gasteiger partial charge in [-0.3, -0.25) is 14.4 Å². The van der Waals surface area contributed by atoms with Crippen molar-refractivity contribution in [3.63, 3.8) is 0 Å². The second-order valence-corrected chi connectivity index (χ2v) is 15.3. The van der Waals surface area contributed by atoms with Crippen molar-refractivity contribution >= 4 is 17.8 Å². The van der Waals surface area contributed by atoms with E-state index in [2.05, 4.69) is 55.6 Å². The molecule has 308 valence electrons. The van der Waals surface area contributed by atoms with E-state index >= 15 is 0 Å². The second kappa shape index (κ2) is 42.4. The van der Waals surface area contributed by atoms with E-state index in [4.69, 9.17) is 9.84 Å². The molecule has 0 bridgehead atoms. The summed E-state index contributed by atoms with van der Waals surface area (Å²) in [5, 5.41) is 11.1. The molecule has 6 nitrogen and oxygen atoms in total. The summed E-state index contributed by atoms with van der Waals surface area (Å²) >= 11 is 0. The lowest BCUT2D eigenvalue weighted by Crippen LogP contribution is -2.28. The summed E-state index contributed by atoms with van der Waals surface area (Å²) in [6.45, 7) is 4.22. The lowest BCUT2D eigenvalue weighted by Gasteiger charge is -2.18. The number of hydrogen-bond acceptors (Lipinski definition) is 4. The molecule has 0 saturated heterocycles. The summed E-state index contributed by atoms with van der Waals surface area (Å²) < 4.78 is 6.01. The highest BCUT2D eigenvalue weighted by atomic mass is 16.5. The highest BCUT2D eigenvalue weighted by Gasteiger charge is 2.14. The maximum absolute atomic E-state index is 12.8. The van der Waals surface area contributed by atoms with Gasteiger partial charge in [0.1, 0.15) is 12.6 Å². The molecule has 1 unspecified atom stereocenters. The summed E-state index contributed by atoms with van der Waals surface area (Å²) in [5.41, 5.74) is 0. The van der Waals surface area contributed by atoms with E-state index in [1.807, 2.05) is 0 Å². The van der Waals surface area contributed by atoms with Gasteiger partial charge in [0.15, 0.2) is 0 Å². The van der Waals surface area contributed by atoms with Gasteiger partial charge >= 0.3 is 11.9 Å². The van der Waals surface area contributed by atoms with Crippen molar-refractivity contribution < 1.29 is 24.2 Å². The second-order valence-electron chi connectivity index (χ2n) is 15.3. The number of nitrogens with one attached hydrogen (secondary N) is 1. The zero-order chi connectivity index (χ0) is 38.7. The summed E-state index contributed by atoms with van der Waals surface area (Å²) in [6, 6.07) is 0. The predicted octanol–water partition coefficient (Wildman–Crippen LogP) is 14.1. The minimum Gasteiger partial charge on any atom is -0.480 e. The Balaban J connectivity index is 4.19. The van der Waals surface area contributed by atoms with Gasteiger partial charge in [0.25, 0.3) is 0 Å². The molecule has 0 aliphatic carbocycles. The van der Waals surface area contributed by atoms with E-state index in [0.29, 0.717) is 12.8 Å². The van der Waals surface area contributed by atoms with Crippen LogP contribution in [0.1, 0.15) is 232 Å². The minimum atomic E-state index is -1.02. The van der Waals surface area contributed by atoms with Gasteiger partial charge in [-0.1, -0.05) is 166 Å². The van der Waals surface area contributed by atoms with Crippen LogP contribution in [-0.2, 0) is 19.1 Å². The van der Waals surface area contributed by atoms with Crippen LogP contribution in [0.4, 0.5) is 0 Å². The Morgan fingerprint density at radius 1 is 0.491 bits per heavy atom. The first kappa shape index (κ1) is 50.6. The molecule has 53 heavy (non-hydrogen) atoms. The van der Waals surface area contributed by atoms with Crippen molar-refractivity contribution in [2.45, 2.75) is 238 Å². The molecule has 2 N–H and O–H groups in total. The monoisotopic (exact) mass is 744 g/mol. The maximum atomic E-state index is 12.8. The van der Waals surface area contributed by atoms with Crippen LogP contribution in [0.5, 0.6) is 0 Å². The Labute approximate surface area is 327 Å². The predicted molar refractivity (Wildman–Crippen MR) is 226 cm³/mol. The molecule has 1 amide bonds. The molecule has 0 heterocycles. The summed E-state index contributed by atoms with van der Waals surface area (Å²) in [6.07, 6.45) is 52.7. The van der Waals surface area contributed by atoms with Crippen LogP contribution in [0.25, 0.3) is 0 Å². The zero-order valence-electron chi connectivity index (χ0n) is 34.9. The van der Waals surface area contributed by atoms with Gasteiger partial charge in [-0.15, -0.1) is 0 Å². The molecule has 1 atom stereocenters. The first-order chi connectivity index (χ1) is 26.0. The van der Waals surface area contributed by atoms with Crippen molar-refractivity contribution in [2.24, 2.45) is 0 Å². The summed E-state index contributed by atoms with van der Waals surface area (Å²) in [4.78, 5) is 35.1. The molecule has 0 aliphatic heterocycles. The van der Waals surface area contributed by atoms with Gasteiger partial charge in [0, 0.05) is 12.8 Å². The number of rotatable bonds is 41. The van der Waals surface area contributed by atoms with E-state index in [1.54, 1.807) is 0 Å². The molecule has 0 rings (SSSR count). The average Bonchev–Trinajstić information content (AvgIpc) is 3.14. The average molecular weight is 744 g/mol. The number of hydrogen-bond donors (Lipinski definition) is 2. The third kappa shape index (κ3) is 42.2. The Morgan fingerprint density at radius 2 is 0.887 bits per heavy atom. The molecule has 0 aromatic carbocycles. The number of allylic oxidation sites excluding steroid dienone is 6. The van der Waals surface area contributed by atoms with Crippen molar-refractivity contribution in [1.82, 2.24) is 5.32 Å². The van der Waals surface area contributed by atoms with E-state index in [1.165, 1.54) is 128 Å².